The molecule has 0 amide bonds. The fourth-order valence-electron chi connectivity index (χ4n) is 1.71. The van der Waals surface area contributed by atoms with Crippen molar-refractivity contribution < 1.29 is 74.8 Å². The number of pyridine rings is 4. The van der Waals surface area contributed by atoms with Crippen LogP contribution < -0.4 is 37.3 Å². The van der Waals surface area contributed by atoms with Gasteiger partial charge in [-0.05, 0) is 98.5 Å². The summed E-state index contributed by atoms with van der Waals surface area (Å²) in [5.41, 5.74) is 5.04. The molecule has 0 aliphatic carbocycles. The Labute approximate surface area is 242 Å². The van der Waals surface area contributed by atoms with Crippen molar-refractivity contribution in [2.24, 2.45) is 0 Å². The maximum Gasteiger partial charge on any atom is 2.00 e. The average molecular weight is 635 g/mol. The Kier molecular flexibility index (Phi) is 25.6. The zero-order chi connectivity index (χ0) is 29.5. The van der Waals surface area contributed by atoms with Gasteiger partial charge in [0.05, 0.1) is 0 Å². The fourth-order valence-corrected chi connectivity index (χ4v) is 1.71. The minimum atomic E-state index is -4.94. The van der Waals surface area contributed by atoms with E-state index in [1.54, 1.807) is 49.6 Å². The van der Waals surface area contributed by atoms with Crippen molar-refractivity contribution in [3.05, 3.63) is 120 Å². The van der Waals surface area contributed by atoms with Crippen LogP contribution in [-0.4, -0.2) is 19.9 Å². The third-order valence-electron chi connectivity index (χ3n) is 3.39. The van der Waals surface area contributed by atoms with Gasteiger partial charge in [-0.15, -0.1) is 20.5 Å². The normalized spacial score (nSPS) is 9.33. The van der Waals surface area contributed by atoms with E-state index in [0.717, 1.165) is 0 Å². The molecule has 217 valence electrons. The van der Waals surface area contributed by atoms with E-state index in [1.807, 2.05) is 76.2 Å². The molecule has 4 aromatic rings. The summed E-state index contributed by atoms with van der Waals surface area (Å²) in [7, 11) is -9.89. The molecule has 0 unspecified atom stereocenters. The van der Waals surface area contributed by atoms with E-state index in [2.05, 4.69) is 19.9 Å². The molecule has 0 aliphatic rings. The minimum absolute atomic E-state index is 0. The van der Waals surface area contributed by atoms with Gasteiger partial charge in [0.25, 0.3) is 0 Å². The Balaban J connectivity index is -0.000000400. The summed E-state index contributed by atoms with van der Waals surface area (Å²) in [4.78, 5) is 15.4. The van der Waals surface area contributed by atoms with Gasteiger partial charge in [0.15, 0.2) is 0 Å². The van der Waals surface area contributed by atoms with Crippen molar-refractivity contribution in [2.75, 3.05) is 0 Å². The van der Waals surface area contributed by atoms with Gasteiger partial charge in [-0.2, -0.15) is 0 Å². The van der Waals surface area contributed by atoms with Crippen LogP contribution in [0.1, 0.15) is 22.3 Å². The monoisotopic (exact) mass is 633 g/mol. The van der Waals surface area contributed by atoms with E-state index in [9.17, 15) is 0 Å². The molecule has 15 heteroatoms. The number of aryl methyl sites for hydroxylation is 4. The zero-order valence-electron chi connectivity index (χ0n) is 21.3. The fraction of sp³-hybridized carbons (Fsp3) is 0.167. The van der Waals surface area contributed by atoms with Gasteiger partial charge in [0.2, 0.25) is 0 Å². The summed E-state index contributed by atoms with van der Waals surface area (Å²) >= 11 is 0. The van der Waals surface area contributed by atoms with Gasteiger partial charge in [0, 0.05) is 49.6 Å². The van der Waals surface area contributed by atoms with Crippen LogP contribution in [0.3, 0.4) is 0 Å². The van der Waals surface area contributed by atoms with Crippen molar-refractivity contribution in [1.29, 1.82) is 0 Å². The van der Waals surface area contributed by atoms with Crippen molar-refractivity contribution in [1.82, 2.24) is 19.9 Å². The second-order valence-electron chi connectivity index (χ2n) is 6.85. The smallest absolute Gasteiger partial charge is 0.265 e. The second kappa shape index (κ2) is 24.4. The molecule has 39 heavy (non-hydrogen) atoms. The van der Waals surface area contributed by atoms with Gasteiger partial charge in [-0.25, -0.2) is 37.3 Å². The molecule has 0 saturated heterocycles. The molecule has 0 fully saturated rings. The largest absolute Gasteiger partial charge is 2.00 e. The molecule has 0 atom stereocenters. The Morgan fingerprint density at radius 1 is 0.359 bits per heavy atom. The van der Waals surface area contributed by atoms with Gasteiger partial charge < -0.3 is 0 Å². The molecule has 4 aromatic heterocycles. The zero-order valence-corrected chi connectivity index (χ0v) is 23.8. The maximum atomic E-state index is 8.49. The summed E-state index contributed by atoms with van der Waals surface area (Å²) < 4.78 is 67.9. The number of aromatic nitrogens is 4. The Hall–Kier alpha value is -2.62. The van der Waals surface area contributed by atoms with Gasteiger partial charge in [0.1, 0.15) is 0 Å². The summed E-state index contributed by atoms with van der Waals surface area (Å²) in [6.07, 6.45) is 14.3. The predicted molar refractivity (Wildman–Crippen MR) is 116 cm³/mol. The second-order valence-corrected chi connectivity index (χ2v) is 8.37. The standard InChI is InChI=1S/4C6H7N.2ClHO4.Cu/c4*1-6-2-4-7-5-3-6;2*2-1(3,4)5;/h4*2-5H,1H3;2*(H,2,3,4,5);/q;;;;;;+2/p-2. The average Bonchev–Trinajstić information content (AvgIpc) is 2.80. The molecule has 0 aliphatic heterocycles. The third-order valence-corrected chi connectivity index (χ3v) is 3.39. The topological polar surface area (TPSA) is 236 Å². The van der Waals surface area contributed by atoms with E-state index in [0.29, 0.717) is 0 Å². The van der Waals surface area contributed by atoms with Gasteiger partial charge in [-0.3, -0.25) is 19.9 Å². The van der Waals surface area contributed by atoms with Crippen LogP contribution in [0, 0.1) is 48.2 Å². The van der Waals surface area contributed by atoms with E-state index in [4.69, 9.17) is 37.3 Å². The van der Waals surface area contributed by atoms with Crippen molar-refractivity contribution >= 4 is 0 Å². The third kappa shape index (κ3) is 45.7. The number of hydrogen-bond donors (Lipinski definition) is 0. The van der Waals surface area contributed by atoms with Crippen LogP contribution in [-0.2, 0) is 17.1 Å². The maximum absolute atomic E-state index is 8.49. The molecule has 4 rings (SSSR count). The Bertz CT molecular complexity index is 876. The van der Waals surface area contributed by atoms with Crippen LogP contribution >= 0.6 is 0 Å². The predicted octanol–water partition coefficient (Wildman–Crippen LogP) is -3.95. The number of hydrogen-bond acceptors (Lipinski definition) is 12. The van der Waals surface area contributed by atoms with E-state index < -0.39 is 20.5 Å². The molecule has 0 saturated carbocycles. The summed E-state index contributed by atoms with van der Waals surface area (Å²) in [6, 6.07) is 15.8. The minimum Gasteiger partial charge on any atom is -0.265 e. The molecule has 1 radical (unpaired) electrons. The van der Waals surface area contributed by atoms with Crippen molar-refractivity contribution in [3.63, 3.8) is 0 Å². The van der Waals surface area contributed by atoms with Gasteiger partial charge in [-0.1, -0.05) is 0 Å². The molecule has 0 bridgehead atoms. The summed E-state index contributed by atoms with van der Waals surface area (Å²) in [6.45, 7) is 8.17. The molecule has 0 spiro atoms. The van der Waals surface area contributed by atoms with Crippen LogP contribution in [0.5, 0.6) is 0 Å². The van der Waals surface area contributed by atoms with Crippen LogP contribution in [0.15, 0.2) is 98.1 Å². The van der Waals surface area contributed by atoms with E-state index >= 15 is 0 Å². The van der Waals surface area contributed by atoms with E-state index in [-0.39, 0.29) is 17.1 Å². The first-order valence-corrected chi connectivity index (χ1v) is 12.7. The first kappa shape index (κ1) is 40.9. The molecule has 4 heterocycles. The van der Waals surface area contributed by atoms with Crippen molar-refractivity contribution in [2.45, 2.75) is 27.7 Å². The van der Waals surface area contributed by atoms with Crippen LogP contribution in [0.2, 0.25) is 0 Å². The Morgan fingerprint density at radius 3 is 0.513 bits per heavy atom. The molecular weight excluding hydrogens is 607 g/mol. The van der Waals surface area contributed by atoms with E-state index in [1.165, 1.54) is 22.3 Å². The SMILES string of the molecule is Cc1ccncc1.Cc1ccncc1.Cc1ccncc1.Cc1ccncc1.[Cu+2].[O-][Cl+3]([O-])([O-])[O-].[O-][Cl+3]([O-])([O-])[O-]. The summed E-state index contributed by atoms with van der Waals surface area (Å²) in [5.74, 6) is 0. The molecule has 0 aromatic carbocycles. The van der Waals surface area contributed by atoms with Crippen molar-refractivity contribution in [3.8, 4) is 0 Å². The van der Waals surface area contributed by atoms with Crippen LogP contribution in [0.25, 0.3) is 0 Å². The molecule has 0 N–H and O–H groups in total. The van der Waals surface area contributed by atoms with Gasteiger partial charge >= 0.3 is 17.1 Å². The summed E-state index contributed by atoms with van der Waals surface area (Å²) in [5, 5.41) is 0. The quantitative estimate of drug-likeness (QED) is 0.168. The molecular formula is C24H28Cl2CuN4O8. The number of nitrogens with zero attached hydrogens (tertiary/aromatic N) is 4. The number of rotatable bonds is 0. The first-order valence-electron chi connectivity index (χ1n) is 10.3. The first-order chi connectivity index (χ1) is 17.6. The number of halogens is 2. The Morgan fingerprint density at radius 2 is 0.462 bits per heavy atom. The van der Waals surface area contributed by atoms with Crippen LogP contribution in [0.4, 0.5) is 0 Å². The molecule has 12 nitrogen and oxygen atoms in total.